The molecule has 0 spiro atoms. The van der Waals surface area contributed by atoms with Crippen molar-refractivity contribution in [2.75, 3.05) is 5.32 Å². The number of hydrogen-bond acceptors (Lipinski definition) is 1. The van der Waals surface area contributed by atoms with Gasteiger partial charge in [-0.25, -0.2) is 8.78 Å². The molecule has 0 aliphatic rings. The van der Waals surface area contributed by atoms with Gasteiger partial charge in [0, 0.05) is 16.6 Å². The third-order valence-electron chi connectivity index (χ3n) is 3.33. The van der Waals surface area contributed by atoms with E-state index in [1.807, 2.05) is 0 Å². The predicted molar refractivity (Wildman–Crippen MR) is 77.3 cm³/mol. The van der Waals surface area contributed by atoms with Gasteiger partial charge in [0.1, 0.15) is 17.3 Å². The van der Waals surface area contributed by atoms with E-state index in [0.717, 1.165) is 0 Å². The molecule has 2 aromatic carbocycles. The van der Waals surface area contributed by atoms with Crippen LogP contribution in [-0.4, -0.2) is 10.9 Å². The number of carbonyl (C=O) groups excluding carboxylic acids is 1. The lowest BCUT2D eigenvalue weighted by Crippen LogP contribution is -2.13. The molecule has 0 aliphatic heterocycles. The average Bonchev–Trinajstić information content (AvgIpc) is 2.76. The summed E-state index contributed by atoms with van der Waals surface area (Å²) >= 11 is 0. The van der Waals surface area contributed by atoms with Crippen LogP contribution in [0.1, 0.15) is 16.1 Å². The molecule has 1 aromatic heterocycles. The molecule has 0 atom stereocenters. The Kier molecular flexibility index (Phi) is 3.17. The first-order chi connectivity index (χ1) is 10.0. The summed E-state index contributed by atoms with van der Waals surface area (Å²) in [5.41, 5.74) is 2.03. The number of fused-ring (bicyclic) bond motifs is 1. The van der Waals surface area contributed by atoms with Crippen molar-refractivity contribution in [3.63, 3.8) is 0 Å². The smallest absolute Gasteiger partial charge is 0.272 e. The van der Waals surface area contributed by atoms with Crippen molar-refractivity contribution in [1.29, 1.82) is 0 Å². The molecule has 1 heterocycles. The van der Waals surface area contributed by atoms with Crippen LogP contribution in [0, 0.1) is 18.6 Å². The fourth-order valence-electron chi connectivity index (χ4n) is 2.29. The first-order valence-corrected chi connectivity index (χ1v) is 6.39. The highest BCUT2D eigenvalue weighted by Crippen LogP contribution is 2.23. The van der Waals surface area contributed by atoms with Gasteiger partial charge >= 0.3 is 0 Å². The number of halogens is 2. The number of nitrogens with one attached hydrogen (secondary N) is 2. The molecule has 0 radical (unpaired) electrons. The second kappa shape index (κ2) is 5.01. The Morgan fingerprint density at radius 2 is 1.86 bits per heavy atom. The van der Waals surface area contributed by atoms with E-state index in [9.17, 15) is 13.6 Å². The zero-order valence-electron chi connectivity index (χ0n) is 11.2. The van der Waals surface area contributed by atoms with Crippen molar-refractivity contribution >= 4 is 22.5 Å². The summed E-state index contributed by atoms with van der Waals surface area (Å²) in [5.74, 6) is -1.18. The number of benzene rings is 2. The van der Waals surface area contributed by atoms with E-state index < -0.39 is 11.7 Å². The summed E-state index contributed by atoms with van der Waals surface area (Å²) in [7, 11) is 0. The average molecular weight is 286 g/mol. The van der Waals surface area contributed by atoms with Gasteiger partial charge in [-0.2, -0.15) is 0 Å². The molecule has 5 heteroatoms. The van der Waals surface area contributed by atoms with E-state index in [1.165, 1.54) is 30.3 Å². The van der Waals surface area contributed by atoms with Crippen LogP contribution in [-0.2, 0) is 0 Å². The Morgan fingerprint density at radius 3 is 2.62 bits per heavy atom. The molecule has 0 fully saturated rings. The molecule has 2 N–H and O–H groups in total. The molecule has 3 rings (SSSR count). The zero-order chi connectivity index (χ0) is 15.0. The van der Waals surface area contributed by atoms with Crippen LogP contribution in [0.25, 0.3) is 10.9 Å². The van der Waals surface area contributed by atoms with Gasteiger partial charge in [-0.15, -0.1) is 0 Å². The van der Waals surface area contributed by atoms with E-state index in [-0.39, 0.29) is 5.82 Å². The van der Waals surface area contributed by atoms with Gasteiger partial charge in [-0.3, -0.25) is 4.79 Å². The Bertz CT molecular complexity index is 839. The van der Waals surface area contributed by atoms with Crippen LogP contribution in [0.3, 0.4) is 0 Å². The summed E-state index contributed by atoms with van der Waals surface area (Å²) in [5, 5.41) is 3.26. The van der Waals surface area contributed by atoms with Crippen molar-refractivity contribution in [2.24, 2.45) is 0 Å². The lowest BCUT2D eigenvalue weighted by Gasteiger charge is -2.04. The van der Waals surface area contributed by atoms with Crippen LogP contribution in [0.5, 0.6) is 0 Å². The van der Waals surface area contributed by atoms with E-state index in [4.69, 9.17) is 0 Å². The highest BCUT2D eigenvalue weighted by atomic mass is 19.1. The third kappa shape index (κ3) is 2.50. The highest BCUT2D eigenvalue weighted by Gasteiger charge is 2.15. The Hall–Kier alpha value is -2.69. The minimum Gasteiger partial charge on any atom is -0.350 e. The first-order valence-electron chi connectivity index (χ1n) is 6.39. The number of H-pyrrole nitrogens is 1. The molecule has 0 bridgehead atoms. The lowest BCUT2D eigenvalue weighted by molar-refractivity contribution is 0.102. The van der Waals surface area contributed by atoms with E-state index >= 15 is 0 Å². The van der Waals surface area contributed by atoms with Crippen molar-refractivity contribution < 1.29 is 13.6 Å². The summed E-state index contributed by atoms with van der Waals surface area (Å²) in [6.07, 6.45) is 0. The van der Waals surface area contributed by atoms with Gasteiger partial charge in [0.05, 0.1) is 0 Å². The van der Waals surface area contributed by atoms with Gasteiger partial charge in [-0.05, 0) is 48.9 Å². The van der Waals surface area contributed by atoms with Crippen LogP contribution >= 0.6 is 0 Å². The molecule has 1 amide bonds. The summed E-state index contributed by atoms with van der Waals surface area (Å²) in [4.78, 5) is 15.2. The van der Waals surface area contributed by atoms with Gasteiger partial charge < -0.3 is 10.3 Å². The topological polar surface area (TPSA) is 44.9 Å². The van der Waals surface area contributed by atoms with Crippen molar-refractivity contribution in [3.8, 4) is 0 Å². The monoisotopic (exact) mass is 286 g/mol. The molecule has 106 valence electrons. The molecule has 0 saturated heterocycles. The number of rotatable bonds is 2. The molecule has 3 nitrogen and oxygen atoms in total. The van der Waals surface area contributed by atoms with Gasteiger partial charge in [0.25, 0.3) is 5.91 Å². The quantitative estimate of drug-likeness (QED) is 0.734. The van der Waals surface area contributed by atoms with Gasteiger partial charge in [-0.1, -0.05) is 6.07 Å². The SMILES string of the molecule is Cc1c(C(=O)Nc2cccc(F)c2)[nH]c2ccc(F)cc12. The van der Waals surface area contributed by atoms with Crippen molar-refractivity contribution in [1.82, 2.24) is 4.98 Å². The fraction of sp³-hybridized carbons (Fsp3) is 0.0625. The number of anilines is 1. The fourth-order valence-corrected chi connectivity index (χ4v) is 2.29. The number of aromatic nitrogens is 1. The van der Waals surface area contributed by atoms with Crippen molar-refractivity contribution in [3.05, 3.63) is 65.4 Å². The molecular formula is C16H12F2N2O. The first kappa shape index (κ1) is 13.3. The predicted octanol–water partition coefficient (Wildman–Crippen LogP) is 4.01. The van der Waals surface area contributed by atoms with Crippen LogP contribution in [0.2, 0.25) is 0 Å². The van der Waals surface area contributed by atoms with Crippen molar-refractivity contribution in [2.45, 2.75) is 6.92 Å². The lowest BCUT2D eigenvalue weighted by atomic mass is 10.1. The molecule has 0 aliphatic carbocycles. The maximum Gasteiger partial charge on any atom is 0.272 e. The summed E-state index contributed by atoms with van der Waals surface area (Å²) in [6.45, 7) is 1.73. The number of aryl methyl sites for hydroxylation is 1. The van der Waals surface area contributed by atoms with Gasteiger partial charge in [0.2, 0.25) is 0 Å². The Labute approximate surface area is 119 Å². The standard InChI is InChI=1S/C16H12F2N2O/c1-9-13-8-11(18)5-6-14(13)20-15(9)16(21)19-12-4-2-3-10(17)7-12/h2-8,20H,1H3,(H,19,21). The normalized spacial score (nSPS) is 10.8. The Balaban J connectivity index is 1.96. The van der Waals surface area contributed by atoms with E-state index in [2.05, 4.69) is 10.3 Å². The van der Waals surface area contributed by atoms with Crippen LogP contribution in [0.4, 0.5) is 14.5 Å². The molecule has 21 heavy (non-hydrogen) atoms. The minimum atomic E-state index is -0.428. The van der Waals surface area contributed by atoms with Crippen LogP contribution in [0.15, 0.2) is 42.5 Å². The highest BCUT2D eigenvalue weighted by molar-refractivity contribution is 6.07. The minimum absolute atomic E-state index is 0.333. The maximum atomic E-state index is 13.3. The third-order valence-corrected chi connectivity index (χ3v) is 3.33. The molecule has 3 aromatic rings. The Morgan fingerprint density at radius 1 is 1.10 bits per heavy atom. The molecule has 0 saturated carbocycles. The number of carbonyl (C=O) groups is 1. The number of amides is 1. The van der Waals surface area contributed by atoms with E-state index in [1.54, 1.807) is 19.1 Å². The van der Waals surface area contributed by atoms with E-state index in [0.29, 0.717) is 27.8 Å². The second-order valence-electron chi connectivity index (χ2n) is 4.78. The summed E-state index contributed by atoms with van der Waals surface area (Å²) in [6, 6.07) is 9.92. The van der Waals surface area contributed by atoms with Gasteiger partial charge in [0.15, 0.2) is 0 Å². The molecular weight excluding hydrogens is 274 g/mol. The largest absolute Gasteiger partial charge is 0.350 e. The maximum absolute atomic E-state index is 13.3. The summed E-state index contributed by atoms with van der Waals surface area (Å²) < 4.78 is 26.4. The number of hydrogen-bond donors (Lipinski definition) is 2. The molecule has 0 unspecified atom stereocenters. The second-order valence-corrected chi connectivity index (χ2v) is 4.78. The number of aromatic amines is 1. The zero-order valence-corrected chi connectivity index (χ0v) is 11.2. The van der Waals surface area contributed by atoms with Crippen LogP contribution < -0.4 is 5.32 Å².